The summed E-state index contributed by atoms with van der Waals surface area (Å²) in [7, 11) is -3.49. The van der Waals surface area contributed by atoms with Crippen LogP contribution in [0, 0.1) is 5.92 Å². The first kappa shape index (κ1) is 23.9. The number of hydrogen-bond acceptors (Lipinski definition) is 3. The van der Waals surface area contributed by atoms with Crippen LogP contribution in [0.3, 0.4) is 0 Å². The quantitative estimate of drug-likeness (QED) is 0.462. The van der Waals surface area contributed by atoms with Gasteiger partial charge in [0.05, 0.1) is 4.90 Å². The molecule has 0 aromatic heterocycles. The Morgan fingerprint density at radius 2 is 1.47 bits per heavy atom. The highest BCUT2D eigenvalue weighted by atomic mass is 32.2. The maximum atomic E-state index is 13.5. The minimum atomic E-state index is -3.49. The molecule has 7 rings (SSSR count). The fourth-order valence-corrected chi connectivity index (χ4v) is 8.44. The van der Waals surface area contributed by atoms with Gasteiger partial charge in [-0.05, 0) is 79.8 Å². The smallest absolute Gasteiger partial charge is 0.243 e. The van der Waals surface area contributed by atoms with Crippen molar-refractivity contribution in [1.29, 1.82) is 0 Å². The lowest BCUT2D eigenvalue weighted by Gasteiger charge is -2.44. The maximum Gasteiger partial charge on any atom is 0.243 e. The molecule has 188 valence electrons. The average Bonchev–Trinajstić information content (AvgIpc) is 3.35. The molecule has 0 unspecified atom stereocenters. The molecule has 5 heteroatoms. The Hall–Kier alpha value is -2.47. The monoisotopic (exact) mass is 500 g/mol. The van der Waals surface area contributed by atoms with E-state index in [9.17, 15) is 8.42 Å². The lowest BCUT2D eigenvalue weighted by atomic mass is 9.75. The number of sulfonamides is 1. The van der Waals surface area contributed by atoms with Crippen molar-refractivity contribution in [2.24, 2.45) is 5.92 Å². The Morgan fingerprint density at radius 3 is 2.22 bits per heavy atom. The highest BCUT2D eigenvalue weighted by molar-refractivity contribution is 7.89. The van der Waals surface area contributed by atoms with Crippen LogP contribution in [0.2, 0.25) is 0 Å². The molecule has 4 nitrogen and oxygen atoms in total. The first-order valence-corrected chi connectivity index (χ1v) is 14.9. The van der Waals surface area contributed by atoms with E-state index in [1.807, 2.05) is 18.2 Å². The van der Waals surface area contributed by atoms with Gasteiger partial charge in [0.2, 0.25) is 10.0 Å². The van der Waals surface area contributed by atoms with Crippen molar-refractivity contribution in [3.63, 3.8) is 0 Å². The van der Waals surface area contributed by atoms with Gasteiger partial charge >= 0.3 is 0 Å². The van der Waals surface area contributed by atoms with Gasteiger partial charge in [-0.25, -0.2) is 8.42 Å². The standard InChI is InChI=1S/C31H36N2O2S/c34-36(35,30-13-5-2-6-14-30)33-20-18-31(24-33,28-11-3-1-4-12-28)17-19-32-23-25-15-16-29(32)22-27-10-8-7-9-26(27)21-25/h1-14,25,29H,15-24H2/t25-,29+,31+/m1/s1. The Labute approximate surface area is 216 Å². The molecule has 2 saturated heterocycles. The van der Waals surface area contributed by atoms with Crippen molar-refractivity contribution >= 4 is 10.0 Å². The van der Waals surface area contributed by atoms with E-state index in [-0.39, 0.29) is 5.41 Å². The molecule has 0 N–H and O–H groups in total. The summed E-state index contributed by atoms with van der Waals surface area (Å²) in [6.45, 7) is 3.32. The minimum absolute atomic E-state index is 0.150. The summed E-state index contributed by atoms with van der Waals surface area (Å²) >= 11 is 0. The van der Waals surface area contributed by atoms with Gasteiger partial charge in [-0.2, -0.15) is 4.31 Å². The molecular weight excluding hydrogens is 464 g/mol. The van der Waals surface area contributed by atoms with Gasteiger partial charge < -0.3 is 0 Å². The maximum absolute atomic E-state index is 13.5. The van der Waals surface area contributed by atoms with Crippen LogP contribution in [-0.2, 0) is 28.3 Å². The van der Waals surface area contributed by atoms with Gasteiger partial charge in [0.1, 0.15) is 0 Å². The van der Waals surface area contributed by atoms with Gasteiger partial charge in [-0.3, -0.25) is 4.90 Å². The van der Waals surface area contributed by atoms with E-state index in [2.05, 4.69) is 59.5 Å². The van der Waals surface area contributed by atoms with E-state index in [0.717, 1.165) is 32.4 Å². The normalized spacial score (nSPS) is 26.9. The molecule has 3 aromatic rings. The summed E-state index contributed by atoms with van der Waals surface area (Å²) in [5.41, 5.74) is 4.20. The number of hydrogen-bond donors (Lipinski definition) is 0. The Bertz CT molecular complexity index is 1290. The van der Waals surface area contributed by atoms with Crippen molar-refractivity contribution in [3.8, 4) is 0 Å². The summed E-state index contributed by atoms with van der Waals surface area (Å²) in [6.07, 6.45) is 6.77. The van der Waals surface area contributed by atoms with Crippen molar-refractivity contribution in [3.05, 3.63) is 102 Å². The molecule has 0 saturated carbocycles. The summed E-state index contributed by atoms with van der Waals surface area (Å²) in [6, 6.07) is 29.2. The zero-order chi connectivity index (χ0) is 24.6. The van der Waals surface area contributed by atoms with Crippen molar-refractivity contribution in [1.82, 2.24) is 9.21 Å². The van der Waals surface area contributed by atoms with Crippen molar-refractivity contribution in [2.45, 2.75) is 54.9 Å². The predicted octanol–water partition coefficient (Wildman–Crippen LogP) is 5.29. The molecule has 0 radical (unpaired) electrons. The van der Waals surface area contributed by atoms with Crippen molar-refractivity contribution in [2.75, 3.05) is 26.2 Å². The number of rotatable bonds is 6. The predicted molar refractivity (Wildman–Crippen MR) is 144 cm³/mol. The largest absolute Gasteiger partial charge is 0.300 e. The molecule has 3 heterocycles. The van der Waals surface area contributed by atoms with E-state index >= 15 is 0 Å². The molecule has 0 spiro atoms. The van der Waals surface area contributed by atoms with E-state index in [1.165, 1.54) is 30.4 Å². The first-order valence-electron chi connectivity index (χ1n) is 13.5. The van der Waals surface area contributed by atoms with Gasteiger partial charge in [0.15, 0.2) is 0 Å². The fourth-order valence-electron chi connectivity index (χ4n) is 6.89. The molecule has 2 bridgehead atoms. The van der Waals surface area contributed by atoms with E-state index in [0.29, 0.717) is 29.9 Å². The summed E-state index contributed by atoms with van der Waals surface area (Å²) in [4.78, 5) is 3.14. The van der Waals surface area contributed by atoms with E-state index in [1.54, 1.807) is 22.0 Å². The van der Waals surface area contributed by atoms with Crippen LogP contribution in [0.5, 0.6) is 0 Å². The molecular formula is C31H36N2O2S. The second kappa shape index (κ2) is 9.77. The molecule has 1 aliphatic carbocycles. The van der Waals surface area contributed by atoms with Crippen LogP contribution in [0.4, 0.5) is 0 Å². The van der Waals surface area contributed by atoms with Crippen LogP contribution < -0.4 is 0 Å². The first-order chi connectivity index (χ1) is 17.5. The fraction of sp³-hybridized carbons (Fsp3) is 0.419. The molecule has 2 fully saturated rings. The molecule has 3 atom stereocenters. The van der Waals surface area contributed by atoms with Crippen LogP contribution in [0.25, 0.3) is 0 Å². The second-order valence-corrected chi connectivity index (χ2v) is 13.0. The van der Waals surface area contributed by atoms with Crippen LogP contribution >= 0.6 is 0 Å². The molecule has 4 aliphatic rings. The second-order valence-electron chi connectivity index (χ2n) is 11.1. The van der Waals surface area contributed by atoms with E-state index in [4.69, 9.17) is 0 Å². The number of nitrogens with zero attached hydrogens (tertiary/aromatic N) is 2. The van der Waals surface area contributed by atoms with Gasteiger partial charge in [0, 0.05) is 31.1 Å². The zero-order valence-corrected chi connectivity index (χ0v) is 21.7. The zero-order valence-electron chi connectivity index (χ0n) is 20.9. The Kier molecular flexibility index (Phi) is 6.49. The topological polar surface area (TPSA) is 40.6 Å². The average molecular weight is 501 g/mol. The summed E-state index contributed by atoms with van der Waals surface area (Å²) in [5.74, 6) is 0.717. The molecule has 0 amide bonds. The lowest BCUT2D eigenvalue weighted by Crippen LogP contribution is -2.48. The van der Waals surface area contributed by atoms with Gasteiger partial charge in [-0.15, -0.1) is 0 Å². The highest BCUT2D eigenvalue weighted by Gasteiger charge is 2.44. The Morgan fingerprint density at radius 1 is 0.806 bits per heavy atom. The third-order valence-electron chi connectivity index (χ3n) is 8.96. The molecule has 3 aliphatic heterocycles. The third-order valence-corrected chi connectivity index (χ3v) is 10.8. The minimum Gasteiger partial charge on any atom is -0.300 e. The number of piperidine rings is 1. The number of benzene rings is 3. The lowest BCUT2D eigenvalue weighted by molar-refractivity contribution is 0.0920. The Balaban J connectivity index is 1.24. The van der Waals surface area contributed by atoms with Crippen LogP contribution in [0.1, 0.15) is 42.4 Å². The van der Waals surface area contributed by atoms with Crippen LogP contribution in [0.15, 0.2) is 89.8 Å². The van der Waals surface area contributed by atoms with Crippen LogP contribution in [-0.4, -0.2) is 49.8 Å². The summed E-state index contributed by atoms with van der Waals surface area (Å²) in [5, 5.41) is 0. The summed E-state index contributed by atoms with van der Waals surface area (Å²) < 4.78 is 28.7. The highest BCUT2D eigenvalue weighted by Crippen LogP contribution is 2.41. The third kappa shape index (κ3) is 4.53. The SMILES string of the molecule is O=S(=O)(c1ccccc1)N1CC[C@](CCN2C[C@@H]3CC[C@H]2Cc2ccccc2C3)(c2ccccc2)C1. The molecule has 3 aromatic carbocycles. The van der Waals surface area contributed by atoms with Crippen molar-refractivity contribution < 1.29 is 8.42 Å². The number of fused-ring (bicyclic) bond motifs is 2. The molecule has 36 heavy (non-hydrogen) atoms. The van der Waals surface area contributed by atoms with E-state index < -0.39 is 10.0 Å². The van der Waals surface area contributed by atoms with Gasteiger partial charge in [-0.1, -0.05) is 72.8 Å². The van der Waals surface area contributed by atoms with Gasteiger partial charge in [0.25, 0.3) is 0 Å².